The van der Waals surface area contributed by atoms with E-state index in [4.69, 9.17) is 5.73 Å². The Kier molecular flexibility index (Phi) is 8.45. The fraction of sp³-hybridized carbons (Fsp3) is 0.457. The lowest BCUT2D eigenvalue weighted by Gasteiger charge is -2.51. The van der Waals surface area contributed by atoms with Crippen LogP contribution in [0.25, 0.3) is 5.76 Å². The molecule has 4 aliphatic rings. The molecule has 2 fully saturated rings. The van der Waals surface area contributed by atoms with E-state index in [1.807, 2.05) is 35.2 Å². The first-order valence-corrected chi connectivity index (χ1v) is 16.1. The van der Waals surface area contributed by atoms with Crippen LogP contribution >= 0.6 is 0 Å². The van der Waals surface area contributed by atoms with Crippen molar-refractivity contribution >= 4 is 23.2 Å². The number of Topliss-reactive ketones (excluding diaryl/α,β-unsaturated/α-hetero) is 2. The van der Waals surface area contributed by atoms with Crippen LogP contribution in [0, 0.1) is 11.8 Å². The number of amides is 1. The molecule has 0 aromatic heterocycles. The number of hydrogen-bond donors (Lipinski definition) is 5. The molecule has 6 N–H and O–H groups in total. The van der Waals surface area contributed by atoms with Crippen LogP contribution in [0.4, 0.5) is 13.2 Å². The first-order valence-electron chi connectivity index (χ1n) is 16.1. The number of aromatic hydroxyl groups is 1. The van der Waals surface area contributed by atoms with E-state index in [0.29, 0.717) is 25.9 Å². The summed E-state index contributed by atoms with van der Waals surface area (Å²) in [6, 6.07) is 8.30. The predicted octanol–water partition coefficient (Wildman–Crippen LogP) is 4.10. The molecular weight excluding hydrogens is 631 g/mol. The number of likely N-dealkylation sites (tertiary alicyclic amines) is 1. The van der Waals surface area contributed by atoms with Crippen LogP contribution in [0.2, 0.25) is 0 Å². The standard InChI is InChI=1S/C35H38F3N3O7/c1-3-40(4-2)28-21-14-18-13-20-25(29(43)24(18)31(45)34(21,48)32(46)26(30(28)44)33(39)47)23(42)15-19(27(20)35(36,37)38)22-11-8-12-41(22)16-17-9-6-5-7-10-17/h5-7,9-10,15,18,21-22,28,42-43,46,48H,3-4,8,11-14,16H2,1-2H3,(H2,39,47)/t18-,21-,22-,28-,34-/m0/s1. The molecule has 1 saturated carbocycles. The topological polar surface area (TPSA) is 165 Å². The van der Waals surface area contributed by atoms with Crippen molar-refractivity contribution in [3.63, 3.8) is 0 Å². The third-order valence-electron chi connectivity index (χ3n) is 10.6. The number of carbonyl (C=O) groups excluding carboxylic acids is 3. The minimum Gasteiger partial charge on any atom is -0.508 e. The van der Waals surface area contributed by atoms with Gasteiger partial charge >= 0.3 is 6.18 Å². The molecule has 0 radical (unpaired) electrons. The average Bonchev–Trinajstić information content (AvgIpc) is 3.48. The number of hydrogen-bond acceptors (Lipinski definition) is 9. The maximum absolute atomic E-state index is 15.2. The van der Waals surface area contributed by atoms with E-state index in [1.54, 1.807) is 18.7 Å². The fourth-order valence-electron chi connectivity index (χ4n) is 8.57. The summed E-state index contributed by atoms with van der Waals surface area (Å²) in [7, 11) is 0. The van der Waals surface area contributed by atoms with Crippen molar-refractivity contribution in [2.24, 2.45) is 17.6 Å². The Labute approximate surface area is 274 Å². The zero-order chi connectivity index (χ0) is 34.9. The average molecular weight is 670 g/mol. The maximum Gasteiger partial charge on any atom is 0.417 e. The number of ketones is 2. The SMILES string of the molecule is CCN(CC)[C@@H]1C(=O)C(C(N)=O)=C(O)[C@@]2(O)C(=O)C3=C(O)c4c(O)cc([C@@H]5CCCN5Cc5ccccc5)c(C(F)(F)F)c4C[C@H]3C[C@@H]12. The zero-order valence-electron chi connectivity index (χ0n) is 26.5. The number of primary amides is 1. The molecule has 1 amide bonds. The summed E-state index contributed by atoms with van der Waals surface area (Å²) >= 11 is 0. The number of nitrogens with zero attached hydrogens (tertiary/aromatic N) is 2. The van der Waals surface area contributed by atoms with Crippen LogP contribution in [0.15, 0.2) is 53.3 Å². The summed E-state index contributed by atoms with van der Waals surface area (Å²) in [5.41, 5.74) is -0.0888. The van der Waals surface area contributed by atoms with Gasteiger partial charge in [-0.05, 0) is 74.0 Å². The number of phenols is 1. The van der Waals surface area contributed by atoms with Gasteiger partial charge in [0, 0.05) is 24.1 Å². The molecule has 0 spiro atoms. The van der Waals surface area contributed by atoms with Crippen LogP contribution in [0.3, 0.4) is 0 Å². The second kappa shape index (κ2) is 12.0. The van der Waals surface area contributed by atoms with E-state index in [-0.39, 0.29) is 30.6 Å². The highest BCUT2D eigenvalue weighted by molar-refractivity contribution is 6.24. The Hall–Kier alpha value is -4.20. The molecule has 1 aliphatic heterocycles. The molecule has 2 aromatic rings. The maximum atomic E-state index is 15.2. The number of aliphatic hydroxyl groups excluding tert-OH is 2. The van der Waals surface area contributed by atoms with Crippen LogP contribution < -0.4 is 5.73 Å². The van der Waals surface area contributed by atoms with Crippen LogP contribution in [0.1, 0.15) is 67.0 Å². The van der Waals surface area contributed by atoms with Gasteiger partial charge < -0.3 is 26.2 Å². The summed E-state index contributed by atoms with van der Waals surface area (Å²) in [4.78, 5) is 43.7. The number of aliphatic hydroxyl groups is 3. The molecule has 13 heteroatoms. The lowest BCUT2D eigenvalue weighted by Crippen LogP contribution is -2.66. The molecule has 0 unspecified atom stereocenters. The number of halogens is 3. The van der Waals surface area contributed by atoms with Crippen molar-refractivity contribution < 1.29 is 48.0 Å². The summed E-state index contributed by atoms with van der Waals surface area (Å²) in [6.45, 7) is 4.81. The Balaban J connectivity index is 1.52. The minimum atomic E-state index is -4.91. The van der Waals surface area contributed by atoms with Gasteiger partial charge in [0.1, 0.15) is 22.8 Å². The van der Waals surface area contributed by atoms with Gasteiger partial charge in [0.15, 0.2) is 11.4 Å². The number of alkyl halides is 3. The first-order chi connectivity index (χ1) is 22.7. The molecule has 5 atom stereocenters. The monoisotopic (exact) mass is 669 g/mol. The van der Waals surface area contributed by atoms with Gasteiger partial charge in [-0.1, -0.05) is 44.2 Å². The number of fused-ring (bicyclic) bond motifs is 3. The summed E-state index contributed by atoms with van der Waals surface area (Å²) < 4.78 is 45.5. The first kappa shape index (κ1) is 33.7. The second-order valence-corrected chi connectivity index (χ2v) is 13.0. The van der Waals surface area contributed by atoms with Gasteiger partial charge in [-0.15, -0.1) is 0 Å². The third kappa shape index (κ3) is 5.01. The number of likely N-dealkylation sites (N-methyl/N-ethyl adjacent to an activating group) is 1. The predicted molar refractivity (Wildman–Crippen MR) is 167 cm³/mol. The highest BCUT2D eigenvalue weighted by atomic mass is 19.4. The van der Waals surface area contributed by atoms with Gasteiger partial charge in [-0.3, -0.25) is 24.2 Å². The number of phenolic OH excluding ortho intramolecular Hbond substituents is 1. The second-order valence-electron chi connectivity index (χ2n) is 13.0. The largest absolute Gasteiger partial charge is 0.508 e. The van der Waals surface area contributed by atoms with Crippen molar-refractivity contribution in [1.82, 2.24) is 9.80 Å². The molecule has 3 aliphatic carbocycles. The summed E-state index contributed by atoms with van der Waals surface area (Å²) in [5.74, 6) is -8.92. The highest BCUT2D eigenvalue weighted by Crippen LogP contribution is 2.55. The number of nitrogens with two attached hydrogens (primary N) is 1. The van der Waals surface area contributed by atoms with E-state index in [1.165, 1.54) is 0 Å². The summed E-state index contributed by atoms with van der Waals surface area (Å²) in [5, 5.41) is 45.8. The number of carbonyl (C=O) groups is 3. The lowest BCUT2D eigenvalue weighted by molar-refractivity contribution is -0.155. The molecule has 256 valence electrons. The van der Waals surface area contributed by atoms with E-state index in [0.717, 1.165) is 11.6 Å². The Morgan fingerprint density at radius 1 is 1.10 bits per heavy atom. The Bertz CT molecular complexity index is 1750. The molecule has 10 nitrogen and oxygen atoms in total. The van der Waals surface area contributed by atoms with E-state index < -0.39 is 99.1 Å². The zero-order valence-corrected chi connectivity index (χ0v) is 26.5. The Morgan fingerprint density at radius 2 is 1.77 bits per heavy atom. The van der Waals surface area contributed by atoms with Crippen molar-refractivity contribution in [1.29, 1.82) is 0 Å². The molecule has 6 rings (SSSR count). The minimum absolute atomic E-state index is 0.136. The summed E-state index contributed by atoms with van der Waals surface area (Å²) in [6.07, 6.45) is -4.62. The number of benzene rings is 2. The fourth-order valence-corrected chi connectivity index (χ4v) is 8.57. The normalized spacial score (nSPS) is 27.7. The van der Waals surface area contributed by atoms with Crippen molar-refractivity contribution in [2.45, 2.75) is 69.9 Å². The lowest BCUT2D eigenvalue weighted by atomic mass is 9.57. The van der Waals surface area contributed by atoms with Gasteiger partial charge in [0.05, 0.1) is 17.2 Å². The van der Waals surface area contributed by atoms with Gasteiger partial charge in [0.2, 0.25) is 5.78 Å². The van der Waals surface area contributed by atoms with Crippen LogP contribution in [-0.4, -0.2) is 79.0 Å². The van der Waals surface area contributed by atoms with Crippen molar-refractivity contribution in [3.05, 3.63) is 81.1 Å². The van der Waals surface area contributed by atoms with Gasteiger partial charge in [-0.2, -0.15) is 13.2 Å². The van der Waals surface area contributed by atoms with Crippen LogP contribution in [-0.2, 0) is 33.5 Å². The molecule has 48 heavy (non-hydrogen) atoms. The van der Waals surface area contributed by atoms with Crippen LogP contribution in [0.5, 0.6) is 5.75 Å². The quantitative estimate of drug-likeness (QED) is 0.273. The van der Waals surface area contributed by atoms with E-state index in [2.05, 4.69) is 0 Å². The van der Waals surface area contributed by atoms with Gasteiger partial charge in [0.25, 0.3) is 5.91 Å². The molecule has 1 saturated heterocycles. The molecular formula is C35H38F3N3O7. The smallest absolute Gasteiger partial charge is 0.417 e. The molecule has 0 bridgehead atoms. The van der Waals surface area contributed by atoms with E-state index >= 15 is 13.2 Å². The molecule has 1 heterocycles. The van der Waals surface area contributed by atoms with Gasteiger partial charge in [-0.25, -0.2) is 0 Å². The van der Waals surface area contributed by atoms with Crippen molar-refractivity contribution in [3.8, 4) is 5.75 Å². The highest BCUT2D eigenvalue weighted by Gasteiger charge is 2.64. The Morgan fingerprint density at radius 3 is 2.38 bits per heavy atom. The number of rotatable bonds is 7. The van der Waals surface area contributed by atoms with Crippen molar-refractivity contribution in [2.75, 3.05) is 19.6 Å². The van der Waals surface area contributed by atoms with E-state index in [9.17, 15) is 34.8 Å². The third-order valence-corrected chi connectivity index (χ3v) is 10.6. The molecule has 2 aromatic carbocycles.